The minimum Gasteiger partial charge on any atom is -0.360 e. The quantitative estimate of drug-likeness (QED) is 0.744. The molecule has 5 nitrogen and oxygen atoms in total. The maximum Gasteiger partial charge on any atom is 0.271 e. The first-order valence-corrected chi connectivity index (χ1v) is 7.88. The van der Waals surface area contributed by atoms with E-state index in [1.807, 2.05) is 24.3 Å². The van der Waals surface area contributed by atoms with Crippen LogP contribution in [0.5, 0.6) is 0 Å². The summed E-state index contributed by atoms with van der Waals surface area (Å²) in [6.45, 7) is 0. The molecule has 114 valence electrons. The van der Waals surface area contributed by atoms with E-state index in [0.29, 0.717) is 17.4 Å². The number of benzene rings is 1. The lowest BCUT2D eigenvalue weighted by Gasteiger charge is -2.20. The third-order valence-electron chi connectivity index (χ3n) is 5.21. The topological polar surface area (TPSA) is 74.0 Å². The van der Waals surface area contributed by atoms with Crippen LogP contribution in [-0.2, 0) is 4.79 Å². The molecule has 0 aliphatic heterocycles. The molecule has 1 aromatic heterocycles. The molecule has 0 radical (unpaired) electrons. The lowest BCUT2D eigenvalue weighted by Crippen LogP contribution is -2.45. The fourth-order valence-electron chi connectivity index (χ4n) is 4.10. The van der Waals surface area contributed by atoms with Crippen molar-refractivity contribution in [2.45, 2.75) is 25.7 Å². The van der Waals surface area contributed by atoms with Crippen molar-refractivity contribution >= 4 is 22.7 Å². The average Bonchev–Trinajstić information content (AvgIpc) is 3.26. The maximum atomic E-state index is 12.3. The van der Waals surface area contributed by atoms with Gasteiger partial charge >= 0.3 is 0 Å². The Balaban J connectivity index is 1.41. The van der Waals surface area contributed by atoms with Crippen LogP contribution in [0.15, 0.2) is 30.5 Å². The summed E-state index contributed by atoms with van der Waals surface area (Å²) < 4.78 is 0. The van der Waals surface area contributed by atoms with E-state index in [9.17, 15) is 9.59 Å². The summed E-state index contributed by atoms with van der Waals surface area (Å²) in [5, 5.41) is 0.856. The molecule has 0 spiro atoms. The van der Waals surface area contributed by atoms with Gasteiger partial charge in [0.2, 0.25) is 5.91 Å². The van der Waals surface area contributed by atoms with Crippen LogP contribution >= 0.6 is 0 Å². The van der Waals surface area contributed by atoms with Gasteiger partial charge in [-0.15, -0.1) is 0 Å². The highest BCUT2D eigenvalue weighted by Crippen LogP contribution is 2.48. The standard InChI is InChI=1S/C17H19N3O2/c21-16(13-8-10-5-6-11(13)7-10)19-20-17(22)14-9-18-15-4-2-1-3-12(14)15/h1-4,9-11,13,18H,5-8H2,(H,19,21)(H,20,22)/t10-,11-,13+/m0/s1. The van der Waals surface area contributed by atoms with Gasteiger partial charge in [0.15, 0.2) is 0 Å². The predicted molar refractivity (Wildman–Crippen MR) is 82.8 cm³/mol. The number of nitrogens with one attached hydrogen (secondary N) is 3. The predicted octanol–water partition coefficient (Wildman–Crippen LogP) is 2.37. The van der Waals surface area contributed by atoms with Crippen molar-refractivity contribution in [3.8, 4) is 0 Å². The summed E-state index contributed by atoms with van der Waals surface area (Å²) in [5.41, 5.74) is 6.62. The van der Waals surface area contributed by atoms with Crippen LogP contribution in [0.25, 0.3) is 10.9 Å². The Labute approximate surface area is 128 Å². The second-order valence-electron chi connectivity index (χ2n) is 6.47. The van der Waals surface area contributed by atoms with Gasteiger partial charge in [-0.2, -0.15) is 0 Å². The number of rotatable bonds is 2. The van der Waals surface area contributed by atoms with Crippen molar-refractivity contribution in [3.05, 3.63) is 36.0 Å². The molecule has 4 rings (SSSR count). The van der Waals surface area contributed by atoms with Gasteiger partial charge < -0.3 is 4.98 Å². The molecule has 22 heavy (non-hydrogen) atoms. The molecule has 2 amide bonds. The van der Waals surface area contributed by atoms with E-state index in [1.165, 1.54) is 12.8 Å². The molecule has 3 N–H and O–H groups in total. The summed E-state index contributed by atoms with van der Waals surface area (Å²) in [4.78, 5) is 27.6. The van der Waals surface area contributed by atoms with E-state index in [-0.39, 0.29) is 17.7 Å². The van der Waals surface area contributed by atoms with Gasteiger partial charge in [-0.05, 0) is 37.2 Å². The first kappa shape index (κ1) is 13.4. The minimum atomic E-state index is -0.283. The Kier molecular flexibility index (Phi) is 3.13. The summed E-state index contributed by atoms with van der Waals surface area (Å²) >= 11 is 0. The average molecular weight is 297 g/mol. The second kappa shape index (κ2) is 5.16. The van der Waals surface area contributed by atoms with E-state index < -0.39 is 0 Å². The Hall–Kier alpha value is -2.30. The number of hydrogen-bond donors (Lipinski definition) is 3. The normalized spacial score (nSPS) is 26.3. The highest BCUT2D eigenvalue weighted by molar-refractivity contribution is 6.07. The highest BCUT2D eigenvalue weighted by atomic mass is 16.2. The summed E-state index contributed by atoms with van der Waals surface area (Å²) in [7, 11) is 0. The van der Waals surface area contributed by atoms with Gasteiger partial charge in [-0.3, -0.25) is 20.4 Å². The molecule has 2 saturated carbocycles. The molecule has 2 aliphatic rings. The van der Waals surface area contributed by atoms with Crippen LogP contribution in [0.3, 0.4) is 0 Å². The molecular weight excluding hydrogens is 278 g/mol. The van der Waals surface area contributed by atoms with Crippen LogP contribution in [0.2, 0.25) is 0 Å². The van der Waals surface area contributed by atoms with E-state index >= 15 is 0 Å². The van der Waals surface area contributed by atoms with Crippen molar-refractivity contribution in [2.24, 2.45) is 17.8 Å². The number of carbonyl (C=O) groups excluding carboxylic acids is 2. The number of hydrogen-bond acceptors (Lipinski definition) is 2. The van der Waals surface area contributed by atoms with E-state index in [0.717, 1.165) is 23.7 Å². The van der Waals surface area contributed by atoms with Crippen molar-refractivity contribution in [1.82, 2.24) is 15.8 Å². The van der Waals surface area contributed by atoms with Gasteiger partial charge in [-0.25, -0.2) is 0 Å². The fraction of sp³-hybridized carbons (Fsp3) is 0.412. The fourth-order valence-corrected chi connectivity index (χ4v) is 4.10. The van der Waals surface area contributed by atoms with Gasteiger partial charge in [-0.1, -0.05) is 24.6 Å². The van der Waals surface area contributed by atoms with E-state index in [1.54, 1.807) is 6.20 Å². The van der Waals surface area contributed by atoms with Gasteiger partial charge in [0.05, 0.1) is 5.56 Å². The number of aromatic nitrogens is 1. The zero-order valence-corrected chi connectivity index (χ0v) is 12.3. The molecule has 0 unspecified atom stereocenters. The van der Waals surface area contributed by atoms with Crippen LogP contribution < -0.4 is 10.9 Å². The smallest absolute Gasteiger partial charge is 0.271 e. The first-order valence-electron chi connectivity index (χ1n) is 7.88. The molecule has 2 aromatic rings. The molecule has 2 fully saturated rings. The van der Waals surface area contributed by atoms with Crippen LogP contribution in [-0.4, -0.2) is 16.8 Å². The Morgan fingerprint density at radius 1 is 1.09 bits per heavy atom. The van der Waals surface area contributed by atoms with Gasteiger partial charge in [0.1, 0.15) is 0 Å². The molecule has 3 atom stereocenters. The van der Waals surface area contributed by atoms with Gasteiger partial charge in [0.25, 0.3) is 5.91 Å². The molecule has 1 heterocycles. The Morgan fingerprint density at radius 2 is 1.95 bits per heavy atom. The Morgan fingerprint density at radius 3 is 2.73 bits per heavy atom. The largest absolute Gasteiger partial charge is 0.360 e. The lowest BCUT2D eigenvalue weighted by atomic mass is 9.88. The maximum absolute atomic E-state index is 12.3. The third-order valence-corrected chi connectivity index (χ3v) is 5.21. The number of carbonyl (C=O) groups is 2. The summed E-state index contributed by atoms with van der Waals surface area (Å²) in [6.07, 6.45) is 6.23. The van der Waals surface area contributed by atoms with Crippen molar-refractivity contribution in [3.63, 3.8) is 0 Å². The molecule has 0 saturated heterocycles. The second-order valence-corrected chi connectivity index (χ2v) is 6.47. The molecule has 1 aromatic carbocycles. The molecule has 2 aliphatic carbocycles. The van der Waals surface area contributed by atoms with Crippen LogP contribution in [0.4, 0.5) is 0 Å². The van der Waals surface area contributed by atoms with Crippen molar-refractivity contribution in [1.29, 1.82) is 0 Å². The lowest BCUT2D eigenvalue weighted by molar-refractivity contribution is -0.127. The number of fused-ring (bicyclic) bond motifs is 3. The van der Waals surface area contributed by atoms with Crippen molar-refractivity contribution < 1.29 is 9.59 Å². The highest BCUT2D eigenvalue weighted by Gasteiger charge is 2.43. The minimum absolute atomic E-state index is 0.0413. The number of hydrazine groups is 1. The van der Waals surface area contributed by atoms with E-state index in [2.05, 4.69) is 15.8 Å². The number of para-hydroxylation sites is 1. The number of H-pyrrole nitrogens is 1. The molecule has 2 bridgehead atoms. The van der Waals surface area contributed by atoms with E-state index in [4.69, 9.17) is 0 Å². The zero-order chi connectivity index (χ0) is 15.1. The Bertz CT molecular complexity index is 736. The zero-order valence-electron chi connectivity index (χ0n) is 12.3. The molecule has 5 heteroatoms. The van der Waals surface area contributed by atoms with Gasteiger partial charge in [0, 0.05) is 23.0 Å². The third kappa shape index (κ3) is 2.17. The van der Waals surface area contributed by atoms with Crippen molar-refractivity contribution in [2.75, 3.05) is 0 Å². The summed E-state index contributed by atoms with van der Waals surface area (Å²) in [6, 6.07) is 7.61. The number of aromatic amines is 1. The monoisotopic (exact) mass is 297 g/mol. The molecular formula is C17H19N3O2. The SMILES string of the molecule is O=C(NNC(=O)[C@@H]1C[C@H]2CC[C@H]1C2)c1c[nH]c2ccccc12. The summed E-state index contributed by atoms with van der Waals surface area (Å²) in [5.74, 6) is 0.969. The van der Waals surface area contributed by atoms with Crippen LogP contribution in [0.1, 0.15) is 36.0 Å². The number of amides is 2. The first-order chi connectivity index (χ1) is 10.7. The van der Waals surface area contributed by atoms with Crippen LogP contribution in [0, 0.1) is 17.8 Å².